The minimum atomic E-state index is 0.476. The Balaban J connectivity index is 1.85. The van der Waals surface area contributed by atoms with Gasteiger partial charge in [-0.2, -0.15) is 0 Å². The van der Waals surface area contributed by atoms with Crippen LogP contribution in [0, 0.1) is 6.92 Å². The maximum Gasteiger partial charge on any atom is 0.315 e. The molecule has 3 rings (SSSR count). The minimum absolute atomic E-state index is 0.476. The molecule has 1 N–H and O–H groups in total. The van der Waals surface area contributed by atoms with Crippen molar-refractivity contribution in [1.82, 2.24) is 19.7 Å². The standard InChI is InChI=1S/C14H17N5O/c1-3-8-15-14-18-17-13(20-14)9-19-10(2)16-11-6-4-5-7-12(11)19/h4-7H,3,8-9H2,1-2H3,(H,15,18). The van der Waals surface area contributed by atoms with E-state index in [1.807, 2.05) is 31.2 Å². The van der Waals surface area contributed by atoms with Crippen LogP contribution in [0.5, 0.6) is 0 Å². The highest BCUT2D eigenvalue weighted by Crippen LogP contribution is 2.17. The average Bonchev–Trinajstić information content (AvgIpc) is 3.02. The van der Waals surface area contributed by atoms with E-state index in [1.54, 1.807) is 0 Å². The Hall–Kier alpha value is -2.37. The van der Waals surface area contributed by atoms with Crippen LogP contribution in [0.3, 0.4) is 0 Å². The van der Waals surface area contributed by atoms with Crippen molar-refractivity contribution in [3.8, 4) is 0 Å². The Kier molecular flexibility index (Phi) is 3.37. The van der Waals surface area contributed by atoms with Gasteiger partial charge < -0.3 is 14.3 Å². The average molecular weight is 271 g/mol. The van der Waals surface area contributed by atoms with Gasteiger partial charge in [0.2, 0.25) is 5.89 Å². The number of imidazole rings is 1. The molecule has 0 fully saturated rings. The molecule has 1 aromatic carbocycles. The third-order valence-electron chi connectivity index (χ3n) is 3.13. The molecule has 0 bridgehead atoms. The van der Waals surface area contributed by atoms with Gasteiger partial charge >= 0.3 is 6.01 Å². The van der Waals surface area contributed by atoms with Crippen molar-refractivity contribution >= 4 is 17.0 Å². The summed E-state index contributed by atoms with van der Waals surface area (Å²) in [6, 6.07) is 8.51. The molecule has 0 radical (unpaired) electrons. The number of rotatable bonds is 5. The van der Waals surface area contributed by atoms with Gasteiger partial charge in [-0.25, -0.2) is 4.98 Å². The number of fused-ring (bicyclic) bond motifs is 1. The van der Waals surface area contributed by atoms with Crippen molar-refractivity contribution in [1.29, 1.82) is 0 Å². The molecule has 0 aliphatic carbocycles. The molecular weight excluding hydrogens is 254 g/mol. The molecule has 6 heteroatoms. The second kappa shape index (κ2) is 5.32. The summed E-state index contributed by atoms with van der Waals surface area (Å²) in [4.78, 5) is 4.52. The summed E-state index contributed by atoms with van der Waals surface area (Å²) in [5, 5.41) is 11.1. The fourth-order valence-corrected chi connectivity index (χ4v) is 2.15. The van der Waals surface area contributed by atoms with E-state index in [9.17, 15) is 0 Å². The molecule has 0 aliphatic heterocycles. The maximum absolute atomic E-state index is 5.58. The van der Waals surface area contributed by atoms with Crippen molar-refractivity contribution < 1.29 is 4.42 Å². The van der Waals surface area contributed by atoms with E-state index < -0.39 is 0 Å². The quantitative estimate of drug-likeness (QED) is 0.772. The molecule has 104 valence electrons. The van der Waals surface area contributed by atoms with Crippen LogP contribution < -0.4 is 5.32 Å². The highest BCUT2D eigenvalue weighted by Gasteiger charge is 2.11. The van der Waals surface area contributed by atoms with Crippen LogP contribution in [-0.4, -0.2) is 26.3 Å². The molecule has 0 unspecified atom stereocenters. The Morgan fingerprint density at radius 2 is 2.10 bits per heavy atom. The zero-order valence-corrected chi connectivity index (χ0v) is 11.6. The number of hydrogen-bond acceptors (Lipinski definition) is 5. The molecule has 0 saturated carbocycles. The van der Waals surface area contributed by atoms with Gasteiger partial charge in [0.15, 0.2) is 0 Å². The summed E-state index contributed by atoms with van der Waals surface area (Å²) >= 11 is 0. The Labute approximate surface area is 116 Å². The lowest BCUT2D eigenvalue weighted by molar-refractivity contribution is 0.487. The molecule has 0 atom stereocenters. The Morgan fingerprint density at radius 3 is 2.95 bits per heavy atom. The zero-order valence-electron chi connectivity index (χ0n) is 11.6. The van der Waals surface area contributed by atoms with Crippen LogP contribution in [0.2, 0.25) is 0 Å². The number of aromatic nitrogens is 4. The summed E-state index contributed by atoms with van der Waals surface area (Å²) in [7, 11) is 0. The van der Waals surface area contributed by atoms with E-state index in [4.69, 9.17) is 4.42 Å². The fourth-order valence-electron chi connectivity index (χ4n) is 2.15. The van der Waals surface area contributed by atoms with Crippen LogP contribution in [0.4, 0.5) is 6.01 Å². The molecule has 2 aromatic heterocycles. The number of aryl methyl sites for hydroxylation is 1. The highest BCUT2D eigenvalue weighted by molar-refractivity contribution is 5.75. The van der Waals surface area contributed by atoms with Crippen molar-refractivity contribution in [3.63, 3.8) is 0 Å². The first kappa shape index (κ1) is 12.7. The monoisotopic (exact) mass is 271 g/mol. The number of nitrogens with one attached hydrogen (secondary N) is 1. The largest absolute Gasteiger partial charge is 0.406 e. The van der Waals surface area contributed by atoms with Crippen LogP contribution >= 0.6 is 0 Å². The lowest BCUT2D eigenvalue weighted by Crippen LogP contribution is -2.02. The van der Waals surface area contributed by atoms with Crippen LogP contribution in [-0.2, 0) is 6.54 Å². The van der Waals surface area contributed by atoms with E-state index in [-0.39, 0.29) is 0 Å². The summed E-state index contributed by atoms with van der Waals surface area (Å²) < 4.78 is 7.66. The molecule has 0 spiro atoms. The Morgan fingerprint density at radius 1 is 1.25 bits per heavy atom. The summed E-state index contributed by atoms with van der Waals surface area (Å²) in [6.07, 6.45) is 1.02. The first-order chi connectivity index (χ1) is 9.78. The molecule has 0 aliphatic rings. The predicted molar refractivity (Wildman–Crippen MR) is 76.7 cm³/mol. The van der Waals surface area contributed by atoms with Gasteiger partial charge in [0, 0.05) is 6.54 Å². The SMILES string of the molecule is CCCNc1nnc(Cn2c(C)nc3ccccc32)o1. The van der Waals surface area contributed by atoms with Crippen LogP contribution in [0.15, 0.2) is 28.7 Å². The van der Waals surface area contributed by atoms with E-state index in [1.165, 1.54) is 0 Å². The van der Waals surface area contributed by atoms with Crippen molar-refractivity contribution in [3.05, 3.63) is 36.0 Å². The molecule has 0 saturated heterocycles. The summed E-state index contributed by atoms with van der Waals surface area (Å²) in [6.45, 7) is 5.43. The van der Waals surface area contributed by atoms with Gasteiger partial charge in [0.1, 0.15) is 12.4 Å². The van der Waals surface area contributed by atoms with Gasteiger partial charge in [-0.05, 0) is 25.5 Å². The number of benzene rings is 1. The molecule has 6 nitrogen and oxygen atoms in total. The van der Waals surface area contributed by atoms with E-state index in [2.05, 4.69) is 32.0 Å². The molecule has 20 heavy (non-hydrogen) atoms. The van der Waals surface area contributed by atoms with Gasteiger partial charge in [-0.1, -0.05) is 24.2 Å². The lowest BCUT2D eigenvalue weighted by Gasteiger charge is -2.02. The fraction of sp³-hybridized carbons (Fsp3) is 0.357. The number of hydrogen-bond donors (Lipinski definition) is 1. The summed E-state index contributed by atoms with van der Waals surface area (Å²) in [5.41, 5.74) is 2.06. The van der Waals surface area contributed by atoms with Gasteiger partial charge in [-0.3, -0.25) is 0 Å². The first-order valence-electron chi connectivity index (χ1n) is 6.76. The molecule has 3 aromatic rings. The van der Waals surface area contributed by atoms with Crippen molar-refractivity contribution in [2.24, 2.45) is 0 Å². The molecular formula is C14H17N5O. The first-order valence-corrected chi connectivity index (χ1v) is 6.76. The number of para-hydroxylation sites is 2. The van der Waals surface area contributed by atoms with Gasteiger partial charge in [0.25, 0.3) is 0 Å². The topological polar surface area (TPSA) is 68.8 Å². The smallest absolute Gasteiger partial charge is 0.315 e. The zero-order chi connectivity index (χ0) is 13.9. The predicted octanol–water partition coefficient (Wildman–Crippen LogP) is 2.60. The van der Waals surface area contributed by atoms with Crippen molar-refractivity contribution in [2.45, 2.75) is 26.8 Å². The normalized spacial score (nSPS) is 11.1. The lowest BCUT2D eigenvalue weighted by atomic mass is 10.3. The second-order valence-corrected chi connectivity index (χ2v) is 4.66. The third-order valence-corrected chi connectivity index (χ3v) is 3.13. The van der Waals surface area contributed by atoms with Crippen LogP contribution in [0.1, 0.15) is 25.1 Å². The van der Waals surface area contributed by atoms with E-state index >= 15 is 0 Å². The second-order valence-electron chi connectivity index (χ2n) is 4.66. The number of anilines is 1. The van der Waals surface area contributed by atoms with Gasteiger partial charge in [-0.15, -0.1) is 5.10 Å². The highest BCUT2D eigenvalue weighted by atomic mass is 16.4. The van der Waals surface area contributed by atoms with Crippen molar-refractivity contribution in [2.75, 3.05) is 11.9 Å². The van der Waals surface area contributed by atoms with Crippen LogP contribution in [0.25, 0.3) is 11.0 Å². The minimum Gasteiger partial charge on any atom is -0.406 e. The van der Waals surface area contributed by atoms with E-state index in [0.29, 0.717) is 18.5 Å². The molecule has 0 amide bonds. The maximum atomic E-state index is 5.58. The third kappa shape index (κ3) is 2.36. The number of nitrogens with zero attached hydrogens (tertiary/aromatic N) is 4. The molecule has 2 heterocycles. The summed E-state index contributed by atoms with van der Waals surface area (Å²) in [5.74, 6) is 1.52. The Bertz CT molecular complexity index is 715. The van der Waals surface area contributed by atoms with E-state index in [0.717, 1.165) is 29.8 Å². The van der Waals surface area contributed by atoms with Gasteiger partial charge in [0.05, 0.1) is 11.0 Å².